The molecule has 3 nitrogen and oxygen atoms in total. The Morgan fingerprint density at radius 3 is 1.83 bits per heavy atom. The molecular formula is C14H13ClN2O. The van der Waals surface area contributed by atoms with Crippen molar-refractivity contribution in [1.82, 2.24) is 0 Å². The zero-order valence-electron chi connectivity index (χ0n) is 9.64. The van der Waals surface area contributed by atoms with Gasteiger partial charge in [-0.05, 0) is 42.0 Å². The Bertz CT molecular complexity index is 549. The summed E-state index contributed by atoms with van der Waals surface area (Å²) in [5.74, 6) is -0.151. The Morgan fingerprint density at radius 1 is 0.889 bits per heavy atom. The number of ketones is 1. The molecule has 0 heterocycles. The van der Waals surface area contributed by atoms with E-state index in [1.807, 2.05) is 0 Å². The minimum Gasteiger partial charge on any atom is -0.399 e. The smallest absolute Gasteiger partial charge is 0.185 e. The van der Waals surface area contributed by atoms with Crippen molar-refractivity contribution in [3.05, 3.63) is 59.7 Å². The number of benzene rings is 2. The predicted octanol–water partition coefficient (Wildman–Crippen LogP) is 3.01. The SMILES string of the molecule is Nc1ccc(C(=O)C(Cl)c2ccc(N)cc2)cc1. The van der Waals surface area contributed by atoms with Gasteiger partial charge < -0.3 is 11.5 Å². The van der Waals surface area contributed by atoms with E-state index in [9.17, 15) is 4.79 Å². The van der Waals surface area contributed by atoms with Crippen LogP contribution in [0.25, 0.3) is 0 Å². The van der Waals surface area contributed by atoms with Crippen LogP contribution in [0.3, 0.4) is 0 Å². The number of hydrogen-bond acceptors (Lipinski definition) is 3. The molecule has 0 bridgehead atoms. The van der Waals surface area contributed by atoms with E-state index in [-0.39, 0.29) is 5.78 Å². The van der Waals surface area contributed by atoms with Crippen LogP contribution in [0, 0.1) is 0 Å². The molecule has 0 fully saturated rings. The first-order valence-electron chi connectivity index (χ1n) is 5.47. The summed E-state index contributed by atoms with van der Waals surface area (Å²) in [4.78, 5) is 12.1. The molecule has 0 spiro atoms. The van der Waals surface area contributed by atoms with Crippen LogP contribution in [0.5, 0.6) is 0 Å². The van der Waals surface area contributed by atoms with Crippen LogP contribution >= 0.6 is 11.6 Å². The number of Topliss-reactive ketones (excluding diaryl/α,β-unsaturated/α-hetero) is 1. The Hall–Kier alpha value is -2.00. The molecule has 2 aromatic carbocycles. The number of hydrogen-bond donors (Lipinski definition) is 2. The van der Waals surface area contributed by atoms with Crippen LogP contribution in [0.4, 0.5) is 11.4 Å². The number of anilines is 2. The van der Waals surface area contributed by atoms with E-state index in [1.165, 1.54) is 0 Å². The second-order valence-corrected chi connectivity index (χ2v) is 4.45. The number of carbonyl (C=O) groups is 1. The number of halogens is 1. The average Bonchev–Trinajstić information content (AvgIpc) is 2.39. The van der Waals surface area contributed by atoms with Gasteiger partial charge in [0.05, 0.1) is 0 Å². The van der Waals surface area contributed by atoms with Crippen LogP contribution in [-0.4, -0.2) is 5.78 Å². The fourth-order valence-corrected chi connectivity index (χ4v) is 1.88. The van der Waals surface area contributed by atoms with Gasteiger partial charge in [0.15, 0.2) is 5.78 Å². The van der Waals surface area contributed by atoms with Gasteiger partial charge in [0.25, 0.3) is 0 Å². The van der Waals surface area contributed by atoms with Gasteiger partial charge in [-0.1, -0.05) is 12.1 Å². The van der Waals surface area contributed by atoms with Crippen molar-refractivity contribution in [3.8, 4) is 0 Å². The van der Waals surface area contributed by atoms with E-state index < -0.39 is 5.38 Å². The first kappa shape index (κ1) is 12.5. The summed E-state index contributed by atoms with van der Waals surface area (Å²) in [5, 5.41) is -0.714. The summed E-state index contributed by atoms with van der Waals surface area (Å²) in [5.41, 5.74) is 13.7. The molecule has 0 amide bonds. The van der Waals surface area contributed by atoms with Crippen LogP contribution in [0.2, 0.25) is 0 Å². The molecule has 1 atom stereocenters. The highest BCUT2D eigenvalue weighted by atomic mass is 35.5. The second kappa shape index (κ2) is 5.10. The maximum absolute atomic E-state index is 12.1. The van der Waals surface area contributed by atoms with Crippen LogP contribution < -0.4 is 11.5 Å². The van der Waals surface area contributed by atoms with Crippen molar-refractivity contribution in [3.63, 3.8) is 0 Å². The Balaban J connectivity index is 2.23. The molecule has 0 saturated heterocycles. The number of nitrogens with two attached hydrogens (primary N) is 2. The van der Waals surface area contributed by atoms with Gasteiger partial charge in [0, 0.05) is 16.9 Å². The topological polar surface area (TPSA) is 69.1 Å². The third-order valence-electron chi connectivity index (χ3n) is 2.65. The minimum absolute atomic E-state index is 0.151. The third kappa shape index (κ3) is 2.63. The summed E-state index contributed by atoms with van der Waals surface area (Å²) < 4.78 is 0. The Kier molecular flexibility index (Phi) is 3.53. The van der Waals surface area contributed by atoms with Crippen molar-refractivity contribution in [2.45, 2.75) is 5.38 Å². The van der Waals surface area contributed by atoms with Gasteiger partial charge in [-0.15, -0.1) is 11.6 Å². The second-order valence-electron chi connectivity index (χ2n) is 4.02. The minimum atomic E-state index is -0.714. The van der Waals surface area contributed by atoms with E-state index in [1.54, 1.807) is 48.5 Å². The molecular weight excluding hydrogens is 248 g/mol. The standard InChI is InChI=1S/C14H13ClN2O/c15-13(9-1-5-11(16)6-2-9)14(18)10-3-7-12(17)8-4-10/h1-8,13H,16-17H2. The van der Waals surface area contributed by atoms with Crippen LogP contribution in [0.1, 0.15) is 21.3 Å². The molecule has 1 unspecified atom stereocenters. The van der Waals surface area contributed by atoms with Gasteiger partial charge in [0.1, 0.15) is 5.38 Å². The average molecular weight is 261 g/mol. The molecule has 4 N–H and O–H groups in total. The molecule has 92 valence electrons. The lowest BCUT2D eigenvalue weighted by Gasteiger charge is -2.09. The summed E-state index contributed by atoms with van der Waals surface area (Å²) in [6.07, 6.45) is 0. The number of rotatable bonds is 3. The van der Waals surface area contributed by atoms with Crippen molar-refractivity contribution in [1.29, 1.82) is 0 Å². The van der Waals surface area contributed by atoms with Crippen molar-refractivity contribution in [2.75, 3.05) is 11.5 Å². The summed E-state index contributed by atoms with van der Waals surface area (Å²) in [7, 11) is 0. The quantitative estimate of drug-likeness (QED) is 0.506. The maximum atomic E-state index is 12.1. The van der Waals surface area contributed by atoms with Crippen molar-refractivity contribution < 1.29 is 4.79 Å². The molecule has 2 rings (SSSR count). The Morgan fingerprint density at radius 2 is 1.33 bits per heavy atom. The summed E-state index contributed by atoms with van der Waals surface area (Å²) >= 11 is 6.16. The van der Waals surface area contributed by atoms with Crippen LogP contribution in [0.15, 0.2) is 48.5 Å². The normalized spacial score (nSPS) is 12.1. The van der Waals surface area contributed by atoms with E-state index in [0.717, 1.165) is 5.56 Å². The van der Waals surface area contributed by atoms with Gasteiger partial charge >= 0.3 is 0 Å². The fraction of sp³-hybridized carbons (Fsp3) is 0.0714. The van der Waals surface area contributed by atoms with E-state index in [4.69, 9.17) is 23.1 Å². The molecule has 2 aromatic rings. The molecule has 0 aromatic heterocycles. The Labute approximate surface area is 110 Å². The number of nitrogen functional groups attached to an aromatic ring is 2. The third-order valence-corrected chi connectivity index (χ3v) is 3.10. The lowest BCUT2D eigenvalue weighted by atomic mass is 10.0. The van der Waals surface area contributed by atoms with Crippen LogP contribution in [-0.2, 0) is 0 Å². The van der Waals surface area contributed by atoms with Gasteiger partial charge in [0.2, 0.25) is 0 Å². The zero-order valence-corrected chi connectivity index (χ0v) is 10.4. The monoisotopic (exact) mass is 260 g/mol. The lowest BCUT2D eigenvalue weighted by Crippen LogP contribution is -2.07. The van der Waals surface area contributed by atoms with Crippen molar-refractivity contribution >= 4 is 28.8 Å². The van der Waals surface area contributed by atoms with Gasteiger partial charge in [-0.25, -0.2) is 0 Å². The van der Waals surface area contributed by atoms with Gasteiger partial charge in [-0.3, -0.25) is 4.79 Å². The highest BCUT2D eigenvalue weighted by Gasteiger charge is 2.19. The van der Waals surface area contributed by atoms with E-state index in [2.05, 4.69) is 0 Å². The molecule has 0 aliphatic rings. The molecule has 0 saturated carbocycles. The fourth-order valence-electron chi connectivity index (χ4n) is 1.61. The predicted molar refractivity (Wildman–Crippen MR) is 74.6 cm³/mol. The molecule has 0 aliphatic carbocycles. The zero-order chi connectivity index (χ0) is 13.1. The molecule has 0 radical (unpaired) electrons. The van der Waals surface area contributed by atoms with E-state index >= 15 is 0 Å². The molecule has 4 heteroatoms. The summed E-state index contributed by atoms with van der Waals surface area (Å²) in [6, 6.07) is 13.7. The highest BCUT2D eigenvalue weighted by molar-refractivity contribution is 6.33. The van der Waals surface area contributed by atoms with E-state index in [0.29, 0.717) is 16.9 Å². The number of alkyl halides is 1. The first-order chi connectivity index (χ1) is 8.58. The maximum Gasteiger partial charge on any atom is 0.185 e. The lowest BCUT2D eigenvalue weighted by molar-refractivity contribution is 0.0987. The number of carbonyl (C=O) groups excluding carboxylic acids is 1. The van der Waals surface area contributed by atoms with Crippen molar-refractivity contribution in [2.24, 2.45) is 0 Å². The molecule has 0 aliphatic heterocycles. The largest absolute Gasteiger partial charge is 0.399 e. The highest BCUT2D eigenvalue weighted by Crippen LogP contribution is 2.26. The first-order valence-corrected chi connectivity index (χ1v) is 5.91. The molecule has 18 heavy (non-hydrogen) atoms. The summed E-state index contributed by atoms with van der Waals surface area (Å²) in [6.45, 7) is 0. The van der Waals surface area contributed by atoms with Gasteiger partial charge in [-0.2, -0.15) is 0 Å².